The molecule has 0 aliphatic heterocycles. The Morgan fingerprint density at radius 2 is 1.58 bits per heavy atom. The molecule has 2 unspecified atom stereocenters. The normalized spacial score (nSPS) is 15.7. The maximum atomic E-state index is 10.5. The fraction of sp³-hybridized carbons (Fsp3) is 0.714. The highest BCUT2D eigenvalue weighted by atomic mass is 16.4. The summed E-state index contributed by atoms with van der Waals surface area (Å²) in [6, 6.07) is -1.33. The van der Waals surface area contributed by atoms with E-state index in [4.69, 9.17) is 15.9 Å². The van der Waals surface area contributed by atoms with Gasteiger partial charge in [-0.3, -0.25) is 9.59 Å². The first kappa shape index (κ1) is 10.9. The SMILES string of the molecule is CC(C)C(C(=O)O)C(N)C(=O)O. The van der Waals surface area contributed by atoms with Crippen molar-refractivity contribution in [3.63, 3.8) is 0 Å². The molecular formula is C7H13NO4. The zero-order chi connectivity index (χ0) is 9.89. The summed E-state index contributed by atoms with van der Waals surface area (Å²) in [5, 5.41) is 17.1. The highest BCUT2D eigenvalue weighted by Crippen LogP contribution is 2.14. The lowest BCUT2D eigenvalue weighted by atomic mass is 9.89. The Bertz CT molecular complexity index is 190. The molecular weight excluding hydrogens is 162 g/mol. The van der Waals surface area contributed by atoms with E-state index in [1.165, 1.54) is 0 Å². The zero-order valence-corrected chi connectivity index (χ0v) is 7.02. The lowest BCUT2D eigenvalue weighted by Crippen LogP contribution is -2.44. The summed E-state index contributed by atoms with van der Waals surface area (Å²) >= 11 is 0. The fourth-order valence-electron chi connectivity index (χ4n) is 1.01. The summed E-state index contributed by atoms with van der Waals surface area (Å²) in [4.78, 5) is 20.9. The van der Waals surface area contributed by atoms with Gasteiger partial charge in [0.05, 0.1) is 5.92 Å². The molecule has 2 atom stereocenters. The van der Waals surface area contributed by atoms with Crippen molar-refractivity contribution in [2.24, 2.45) is 17.6 Å². The van der Waals surface area contributed by atoms with E-state index >= 15 is 0 Å². The Balaban J connectivity index is 4.51. The van der Waals surface area contributed by atoms with Gasteiger partial charge in [-0.2, -0.15) is 0 Å². The maximum absolute atomic E-state index is 10.5. The predicted octanol–water partition coefficient (Wildman–Crippen LogP) is -0.245. The van der Waals surface area contributed by atoms with Crippen LogP contribution in [0.5, 0.6) is 0 Å². The van der Waals surface area contributed by atoms with Crippen molar-refractivity contribution >= 4 is 11.9 Å². The van der Waals surface area contributed by atoms with Crippen LogP contribution in [0.4, 0.5) is 0 Å². The van der Waals surface area contributed by atoms with Gasteiger partial charge in [0, 0.05) is 0 Å². The van der Waals surface area contributed by atoms with E-state index in [0.29, 0.717) is 0 Å². The van der Waals surface area contributed by atoms with Gasteiger partial charge in [0.1, 0.15) is 6.04 Å². The number of hydrogen-bond donors (Lipinski definition) is 3. The van der Waals surface area contributed by atoms with E-state index in [-0.39, 0.29) is 5.92 Å². The molecule has 0 amide bonds. The molecule has 4 N–H and O–H groups in total. The minimum atomic E-state index is -1.33. The number of carbonyl (C=O) groups is 2. The summed E-state index contributed by atoms with van der Waals surface area (Å²) in [5.74, 6) is -3.76. The standard InChI is InChI=1S/C7H13NO4/c1-3(2)4(6(9)10)5(8)7(11)12/h3-5H,8H2,1-2H3,(H,9,10)(H,11,12). The highest BCUT2D eigenvalue weighted by Gasteiger charge is 2.32. The molecule has 0 bridgehead atoms. The molecule has 0 fully saturated rings. The van der Waals surface area contributed by atoms with Crippen molar-refractivity contribution < 1.29 is 19.8 Å². The van der Waals surface area contributed by atoms with E-state index < -0.39 is 23.9 Å². The molecule has 0 spiro atoms. The van der Waals surface area contributed by atoms with E-state index in [1.807, 2.05) is 0 Å². The van der Waals surface area contributed by atoms with Gasteiger partial charge in [0.25, 0.3) is 0 Å². The second-order valence-corrected chi connectivity index (χ2v) is 2.97. The molecule has 0 rings (SSSR count). The summed E-state index contributed by atoms with van der Waals surface area (Å²) in [7, 11) is 0. The van der Waals surface area contributed by atoms with E-state index in [1.54, 1.807) is 13.8 Å². The van der Waals surface area contributed by atoms with Crippen LogP contribution >= 0.6 is 0 Å². The van der Waals surface area contributed by atoms with E-state index in [2.05, 4.69) is 0 Å². The molecule has 0 aromatic rings. The summed E-state index contributed by atoms with van der Waals surface area (Å²) in [5.41, 5.74) is 5.18. The number of nitrogens with two attached hydrogens (primary N) is 1. The van der Waals surface area contributed by atoms with Crippen LogP contribution in [0.1, 0.15) is 13.8 Å². The summed E-state index contributed by atoms with van der Waals surface area (Å²) in [6.07, 6.45) is 0. The smallest absolute Gasteiger partial charge is 0.321 e. The van der Waals surface area contributed by atoms with Crippen LogP contribution < -0.4 is 5.73 Å². The molecule has 0 saturated heterocycles. The first-order chi connectivity index (χ1) is 5.37. The van der Waals surface area contributed by atoms with Gasteiger partial charge in [-0.1, -0.05) is 13.8 Å². The number of aliphatic carboxylic acids is 2. The molecule has 0 radical (unpaired) electrons. The Hall–Kier alpha value is -1.10. The molecule has 0 aliphatic rings. The molecule has 0 saturated carbocycles. The molecule has 0 aromatic heterocycles. The molecule has 0 heterocycles. The van der Waals surface area contributed by atoms with Crippen LogP contribution in [0.2, 0.25) is 0 Å². The topological polar surface area (TPSA) is 101 Å². The van der Waals surface area contributed by atoms with Gasteiger partial charge in [0.2, 0.25) is 0 Å². The van der Waals surface area contributed by atoms with Crippen LogP contribution in [0.3, 0.4) is 0 Å². The number of carboxylic acid groups (broad SMARTS) is 2. The molecule has 5 nitrogen and oxygen atoms in total. The second kappa shape index (κ2) is 4.06. The minimum absolute atomic E-state index is 0.284. The van der Waals surface area contributed by atoms with Crippen molar-refractivity contribution in [3.8, 4) is 0 Å². The largest absolute Gasteiger partial charge is 0.481 e. The molecule has 70 valence electrons. The third kappa shape index (κ3) is 2.50. The van der Waals surface area contributed by atoms with Gasteiger partial charge in [-0.05, 0) is 5.92 Å². The fourth-order valence-corrected chi connectivity index (χ4v) is 1.01. The zero-order valence-electron chi connectivity index (χ0n) is 7.02. The number of hydrogen-bond acceptors (Lipinski definition) is 3. The van der Waals surface area contributed by atoms with Crippen LogP contribution in [0, 0.1) is 11.8 Å². The molecule has 12 heavy (non-hydrogen) atoms. The Morgan fingerprint density at radius 3 is 1.67 bits per heavy atom. The highest BCUT2D eigenvalue weighted by molar-refractivity contribution is 5.82. The van der Waals surface area contributed by atoms with Gasteiger partial charge in [-0.25, -0.2) is 0 Å². The van der Waals surface area contributed by atoms with Crippen LogP contribution in [0.25, 0.3) is 0 Å². The van der Waals surface area contributed by atoms with Crippen molar-refractivity contribution in [3.05, 3.63) is 0 Å². The third-order valence-corrected chi connectivity index (χ3v) is 1.68. The van der Waals surface area contributed by atoms with Gasteiger partial charge < -0.3 is 15.9 Å². The summed E-state index contributed by atoms with van der Waals surface area (Å²) in [6.45, 7) is 3.25. The second-order valence-electron chi connectivity index (χ2n) is 2.97. The van der Waals surface area contributed by atoms with Crippen LogP contribution in [-0.2, 0) is 9.59 Å². The molecule has 0 aromatic carbocycles. The van der Waals surface area contributed by atoms with Crippen LogP contribution in [-0.4, -0.2) is 28.2 Å². The lowest BCUT2D eigenvalue weighted by Gasteiger charge is -2.19. The summed E-state index contributed by atoms with van der Waals surface area (Å²) < 4.78 is 0. The van der Waals surface area contributed by atoms with Crippen molar-refractivity contribution in [2.45, 2.75) is 19.9 Å². The average Bonchev–Trinajstić information content (AvgIpc) is 1.85. The van der Waals surface area contributed by atoms with Crippen LogP contribution in [0.15, 0.2) is 0 Å². The monoisotopic (exact) mass is 175 g/mol. The Labute approximate surface area is 70.2 Å². The number of rotatable bonds is 4. The Kier molecular flexibility index (Phi) is 3.69. The predicted molar refractivity (Wildman–Crippen MR) is 41.6 cm³/mol. The molecule has 5 heteroatoms. The average molecular weight is 175 g/mol. The number of carboxylic acids is 2. The Morgan fingerprint density at radius 1 is 1.17 bits per heavy atom. The van der Waals surface area contributed by atoms with Gasteiger partial charge >= 0.3 is 11.9 Å². The maximum Gasteiger partial charge on any atom is 0.321 e. The first-order valence-corrected chi connectivity index (χ1v) is 3.59. The van der Waals surface area contributed by atoms with E-state index in [9.17, 15) is 9.59 Å². The lowest BCUT2D eigenvalue weighted by molar-refractivity contribution is -0.151. The van der Waals surface area contributed by atoms with Crippen molar-refractivity contribution in [2.75, 3.05) is 0 Å². The third-order valence-electron chi connectivity index (χ3n) is 1.68. The van der Waals surface area contributed by atoms with Gasteiger partial charge in [0.15, 0.2) is 0 Å². The minimum Gasteiger partial charge on any atom is -0.481 e. The first-order valence-electron chi connectivity index (χ1n) is 3.59. The van der Waals surface area contributed by atoms with Crippen molar-refractivity contribution in [1.82, 2.24) is 0 Å². The molecule has 0 aliphatic carbocycles. The quantitative estimate of drug-likeness (QED) is 0.547. The van der Waals surface area contributed by atoms with E-state index in [0.717, 1.165) is 0 Å². The van der Waals surface area contributed by atoms with Crippen molar-refractivity contribution in [1.29, 1.82) is 0 Å². The van der Waals surface area contributed by atoms with Gasteiger partial charge in [-0.15, -0.1) is 0 Å².